The highest BCUT2D eigenvalue weighted by molar-refractivity contribution is 5.66. The molecule has 4 heteroatoms. The average Bonchev–Trinajstić information content (AvgIpc) is 1.78. The summed E-state index contributed by atoms with van der Waals surface area (Å²) in [5.41, 5.74) is -0.891. The van der Waals surface area contributed by atoms with Crippen molar-refractivity contribution in [3.63, 3.8) is 0 Å². The van der Waals surface area contributed by atoms with Gasteiger partial charge in [0.25, 0.3) is 0 Å². The van der Waals surface area contributed by atoms with Crippen molar-refractivity contribution in [2.24, 2.45) is 0 Å². The summed E-state index contributed by atoms with van der Waals surface area (Å²) < 4.78 is 5.11. The van der Waals surface area contributed by atoms with Gasteiger partial charge in [0.15, 0.2) is 0 Å². The molecule has 0 unspecified atom stereocenters. The molecule has 0 N–H and O–H groups in total. The van der Waals surface area contributed by atoms with E-state index in [4.69, 9.17) is 9.57 Å². The van der Waals surface area contributed by atoms with Crippen LogP contribution < -0.4 is 0 Å². The summed E-state index contributed by atoms with van der Waals surface area (Å²) in [7, 11) is 1.54. The first-order chi connectivity index (χ1) is 6.01. The monoisotopic (exact) mass is 203 g/mol. The summed E-state index contributed by atoms with van der Waals surface area (Å²) in [5.74, 6) is 0. The molecule has 14 heavy (non-hydrogen) atoms. The molecular weight excluding hydrogens is 182 g/mol. The van der Waals surface area contributed by atoms with Crippen molar-refractivity contribution in [3.05, 3.63) is 0 Å². The Hall–Kier alpha value is -0.770. The SMILES string of the molecule is CN(OC(C)(C)C)C(=O)OC(C)(C)C. The van der Waals surface area contributed by atoms with Crippen LogP contribution in [-0.4, -0.2) is 29.4 Å². The van der Waals surface area contributed by atoms with E-state index in [0.717, 1.165) is 5.06 Å². The van der Waals surface area contributed by atoms with Crippen LogP contribution in [0, 0.1) is 0 Å². The number of nitrogens with zero attached hydrogens (tertiary/aromatic N) is 1. The predicted octanol–water partition coefficient (Wildman–Crippen LogP) is 2.58. The molecule has 0 radical (unpaired) electrons. The zero-order chi connectivity index (χ0) is 11.6. The molecule has 0 aromatic heterocycles. The van der Waals surface area contributed by atoms with Gasteiger partial charge in [-0.15, -0.1) is 0 Å². The summed E-state index contributed by atoms with van der Waals surface area (Å²) in [4.78, 5) is 16.7. The lowest BCUT2D eigenvalue weighted by atomic mass is 10.2. The minimum absolute atomic E-state index is 0.397. The molecule has 4 nitrogen and oxygen atoms in total. The summed E-state index contributed by atoms with van der Waals surface area (Å²) in [6.45, 7) is 11.1. The molecule has 0 aliphatic heterocycles. The topological polar surface area (TPSA) is 38.8 Å². The van der Waals surface area contributed by atoms with E-state index in [1.165, 1.54) is 0 Å². The van der Waals surface area contributed by atoms with Gasteiger partial charge in [-0.3, -0.25) is 4.84 Å². The number of carbonyl (C=O) groups is 1. The minimum Gasteiger partial charge on any atom is -0.442 e. The molecule has 0 fully saturated rings. The van der Waals surface area contributed by atoms with Gasteiger partial charge in [-0.05, 0) is 41.5 Å². The molecule has 84 valence electrons. The van der Waals surface area contributed by atoms with Crippen LogP contribution in [0.15, 0.2) is 0 Å². The third kappa shape index (κ3) is 6.71. The van der Waals surface area contributed by atoms with Crippen LogP contribution in [0.3, 0.4) is 0 Å². The van der Waals surface area contributed by atoms with E-state index in [-0.39, 0.29) is 0 Å². The quantitative estimate of drug-likeness (QED) is 0.615. The third-order valence-electron chi connectivity index (χ3n) is 1.06. The number of ether oxygens (including phenoxy) is 1. The van der Waals surface area contributed by atoms with Gasteiger partial charge in [0, 0.05) is 7.05 Å². The van der Waals surface area contributed by atoms with Crippen LogP contribution in [0.4, 0.5) is 4.79 Å². The van der Waals surface area contributed by atoms with Gasteiger partial charge >= 0.3 is 6.09 Å². The van der Waals surface area contributed by atoms with E-state index in [1.807, 2.05) is 41.5 Å². The van der Waals surface area contributed by atoms with Gasteiger partial charge < -0.3 is 4.74 Å². The molecule has 0 aliphatic rings. The second-order valence-electron chi connectivity index (χ2n) is 5.18. The fourth-order valence-electron chi connectivity index (χ4n) is 0.774. The predicted molar refractivity (Wildman–Crippen MR) is 54.8 cm³/mol. The van der Waals surface area contributed by atoms with E-state index in [2.05, 4.69) is 0 Å². The van der Waals surface area contributed by atoms with Crippen LogP contribution in [0.2, 0.25) is 0 Å². The first kappa shape index (κ1) is 13.2. The molecule has 0 rings (SSSR count). The number of hydrogen-bond donors (Lipinski definition) is 0. The molecule has 0 saturated heterocycles. The Labute approximate surface area is 86.1 Å². The van der Waals surface area contributed by atoms with Gasteiger partial charge in [-0.25, -0.2) is 4.79 Å². The smallest absolute Gasteiger partial charge is 0.434 e. The molecule has 0 aromatic carbocycles. The van der Waals surface area contributed by atoms with Crippen molar-refractivity contribution in [2.45, 2.75) is 52.7 Å². The van der Waals surface area contributed by atoms with Gasteiger partial charge in [-0.2, -0.15) is 5.06 Å². The van der Waals surface area contributed by atoms with Crippen molar-refractivity contribution in [1.29, 1.82) is 0 Å². The molecule has 0 heterocycles. The van der Waals surface area contributed by atoms with E-state index in [1.54, 1.807) is 7.05 Å². The Morgan fingerprint density at radius 2 is 1.43 bits per heavy atom. The summed E-state index contributed by atoms with van der Waals surface area (Å²) in [6, 6.07) is 0. The molecule has 0 spiro atoms. The number of hydroxylamine groups is 2. The van der Waals surface area contributed by atoms with Crippen LogP contribution in [0.25, 0.3) is 0 Å². The van der Waals surface area contributed by atoms with Crippen LogP contribution in [-0.2, 0) is 9.57 Å². The van der Waals surface area contributed by atoms with Crippen molar-refractivity contribution >= 4 is 6.09 Å². The highest BCUT2D eigenvalue weighted by atomic mass is 16.7. The van der Waals surface area contributed by atoms with Crippen LogP contribution in [0.5, 0.6) is 0 Å². The van der Waals surface area contributed by atoms with Crippen LogP contribution >= 0.6 is 0 Å². The van der Waals surface area contributed by atoms with Crippen molar-refractivity contribution in [2.75, 3.05) is 7.05 Å². The highest BCUT2D eigenvalue weighted by Gasteiger charge is 2.23. The van der Waals surface area contributed by atoms with Crippen LogP contribution in [0.1, 0.15) is 41.5 Å². The number of amides is 1. The summed E-state index contributed by atoms with van der Waals surface area (Å²) >= 11 is 0. The maximum Gasteiger partial charge on any atom is 0.434 e. The molecule has 0 aliphatic carbocycles. The zero-order valence-corrected chi connectivity index (χ0v) is 10.2. The largest absolute Gasteiger partial charge is 0.442 e. The highest BCUT2D eigenvalue weighted by Crippen LogP contribution is 2.13. The number of hydrogen-bond acceptors (Lipinski definition) is 3. The summed E-state index contributed by atoms with van der Waals surface area (Å²) in [5, 5.41) is 1.12. The first-order valence-corrected chi connectivity index (χ1v) is 4.67. The normalized spacial score (nSPS) is 12.5. The Balaban J connectivity index is 4.15. The third-order valence-corrected chi connectivity index (χ3v) is 1.06. The first-order valence-electron chi connectivity index (χ1n) is 4.67. The fraction of sp³-hybridized carbons (Fsp3) is 0.900. The molecule has 0 atom stereocenters. The lowest BCUT2D eigenvalue weighted by molar-refractivity contribution is -0.197. The van der Waals surface area contributed by atoms with Crippen molar-refractivity contribution in [1.82, 2.24) is 5.06 Å². The molecular formula is C10H21NO3. The minimum atomic E-state index is -0.493. The lowest BCUT2D eigenvalue weighted by Crippen LogP contribution is -2.39. The van der Waals surface area contributed by atoms with Gasteiger partial charge in [-0.1, -0.05) is 0 Å². The lowest BCUT2D eigenvalue weighted by Gasteiger charge is -2.29. The Morgan fingerprint density at radius 3 is 1.71 bits per heavy atom. The maximum atomic E-state index is 11.4. The average molecular weight is 203 g/mol. The molecule has 0 bridgehead atoms. The van der Waals surface area contributed by atoms with E-state index < -0.39 is 17.3 Å². The van der Waals surface area contributed by atoms with Crippen molar-refractivity contribution < 1.29 is 14.4 Å². The number of rotatable bonds is 1. The Kier molecular flexibility index (Phi) is 3.94. The van der Waals surface area contributed by atoms with E-state index >= 15 is 0 Å². The zero-order valence-electron chi connectivity index (χ0n) is 10.2. The van der Waals surface area contributed by atoms with Gasteiger partial charge in [0.2, 0.25) is 0 Å². The maximum absolute atomic E-state index is 11.4. The molecule has 0 aromatic rings. The second kappa shape index (κ2) is 4.17. The Bertz CT molecular complexity index is 200. The molecule has 1 amide bonds. The van der Waals surface area contributed by atoms with Gasteiger partial charge in [0.1, 0.15) is 5.60 Å². The second-order valence-corrected chi connectivity index (χ2v) is 5.18. The number of carbonyl (C=O) groups excluding carboxylic acids is 1. The standard InChI is InChI=1S/C10H21NO3/c1-9(2,3)13-8(12)11(7)14-10(4,5)6/h1-7H3. The Morgan fingerprint density at radius 1 is 1.00 bits per heavy atom. The summed E-state index contributed by atoms with van der Waals surface area (Å²) in [6.07, 6.45) is -0.479. The fourth-order valence-corrected chi connectivity index (χ4v) is 0.774. The van der Waals surface area contributed by atoms with Gasteiger partial charge in [0.05, 0.1) is 5.60 Å². The van der Waals surface area contributed by atoms with E-state index in [9.17, 15) is 4.79 Å². The van der Waals surface area contributed by atoms with E-state index in [0.29, 0.717) is 0 Å². The molecule has 0 saturated carbocycles. The van der Waals surface area contributed by atoms with Crippen molar-refractivity contribution in [3.8, 4) is 0 Å².